The smallest absolute Gasteiger partial charge is 0.194 e. The first-order valence-electron chi connectivity index (χ1n) is 6.10. The largest absolute Gasteiger partial charge is 0.289 e. The number of aryl methyl sites for hydroxylation is 2. The Hall–Kier alpha value is -2.15. The normalized spacial score (nSPS) is 11.0. The molecule has 0 unspecified atom stereocenters. The molecule has 0 aliphatic heterocycles. The van der Waals surface area contributed by atoms with Crippen molar-refractivity contribution in [3.8, 4) is 0 Å². The minimum Gasteiger partial charge on any atom is -0.289 e. The first kappa shape index (κ1) is 11.0. The maximum atomic E-state index is 12.7. The highest BCUT2D eigenvalue weighted by atomic mass is 16.1. The van der Waals surface area contributed by atoms with Gasteiger partial charge in [-0.15, -0.1) is 0 Å². The number of fused-ring (bicyclic) bond motifs is 2. The van der Waals surface area contributed by atoms with Crippen LogP contribution >= 0.6 is 0 Å². The quantitative estimate of drug-likeness (QED) is 0.575. The molecule has 0 amide bonds. The van der Waals surface area contributed by atoms with Crippen LogP contribution in [0.25, 0.3) is 21.5 Å². The van der Waals surface area contributed by atoms with Crippen LogP contribution in [0.1, 0.15) is 11.1 Å². The van der Waals surface area contributed by atoms with Crippen molar-refractivity contribution < 1.29 is 0 Å². The fourth-order valence-corrected chi connectivity index (χ4v) is 2.51. The van der Waals surface area contributed by atoms with Gasteiger partial charge in [0.2, 0.25) is 0 Å². The van der Waals surface area contributed by atoms with Crippen LogP contribution in [-0.4, -0.2) is 0 Å². The summed E-state index contributed by atoms with van der Waals surface area (Å²) >= 11 is 0. The molecule has 0 fully saturated rings. The Morgan fingerprint density at radius 3 is 2.28 bits per heavy atom. The number of hydrogen-bond donors (Lipinski definition) is 0. The Bertz CT molecular complexity index is 816. The van der Waals surface area contributed by atoms with Crippen LogP contribution in [0.15, 0.2) is 53.3 Å². The van der Waals surface area contributed by atoms with Crippen LogP contribution < -0.4 is 5.43 Å². The van der Waals surface area contributed by atoms with Crippen LogP contribution in [0, 0.1) is 13.8 Å². The molecule has 18 heavy (non-hydrogen) atoms. The van der Waals surface area contributed by atoms with Gasteiger partial charge in [0.1, 0.15) is 0 Å². The average Bonchev–Trinajstić information content (AvgIpc) is 2.53. The lowest BCUT2D eigenvalue weighted by Crippen LogP contribution is -2.00. The van der Waals surface area contributed by atoms with Crippen molar-refractivity contribution in [3.63, 3.8) is 0 Å². The van der Waals surface area contributed by atoms with E-state index in [9.17, 15) is 4.79 Å². The van der Waals surface area contributed by atoms with E-state index in [2.05, 4.69) is 12.1 Å². The second kappa shape index (κ2) is 3.95. The topological polar surface area (TPSA) is 17.1 Å². The summed E-state index contributed by atoms with van der Waals surface area (Å²) in [4.78, 5) is 12.7. The molecule has 0 spiro atoms. The van der Waals surface area contributed by atoms with E-state index in [-0.39, 0.29) is 5.43 Å². The monoisotopic (exact) mass is 234 g/mol. The van der Waals surface area contributed by atoms with E-state index >= 15 is 0 Å². The lowest BCUT2D eigenvalue weighted by molar-refractivity contribution is 1.46. The first-order valence-corrected chi connectivity index (χ1v) is 6.10. The van der Waals surface area contributed by atoms with Crippen molar-refractivity contribution in [3.05, 3.63) is 69.9 Å². The molecule has 3 rings (SSSR count). The zero-order valence-electron chi connectivity index (χ0n) is 10.5. The molecule has 3 aromatic rings. The predicted octanol–water partition coefficient (Wildman–Crippen LogP) is 3.97. The lowest BCUT2D eigenvalue weighted by Gasteiger charge is -2.01. The predicted molar refractivity (Wildman–Crippen MR) is 77.2 cm³/mol. The number of benzene rings is 2. The Morgan fingerprint density at radius 1 is 0.722 bits per heavy atom. The molecule has 1 nitrogen and oxygen atoms in total. The van der Waals surface area contributed by atoms with Gasteiger partial charge in [-0.2, -0.15) is 0 Å². The fourth-order valence-electron chi connectivity index (χ4n) is 2.51. The van der Waals surface area contributed by atoms with Crippen molar-refractivity contribution >= 4 is 21.5 Å². The SMILES string of the molecule is Cc1ccc(C)c2c(=O)c3ccccc3ccc12. The molecule has 0 saturated carbocycles. The second-order valence-electron chi connectivity index (χ2n) is 4.74. The molecule has 0 atom stereocenters. The molecule has 0 radical (unpaired) electrons. The second-order valence-corrected chi connectivity index (χ2v) is 4.74. The van der Waals surface area contributed by atoms with E-state index in [1.165, 1.54) is 0 Å². The van der Waals surface area contributed by atoms with Gasteiger partial charge in [0.15, 0.2) is 5.43 Å². The van der Waals surface area contributed by atoms with E-state index in [0.29, 0.717) is 0 Å². The van der Waals surface area contributed by atoms with E-state index in [1.807, 2.05) is 50.2 Å². The third-order valence-corrected chi connectivity index (χ3v) is 3.53. The van der Waals surface area contributed by atoms with E-state index in [1.54, 1.807) is 0 Å². The summed E-state index contributed by atoms with van der Waals surface area (Å²) in [5, 5.41) is 3.69. The summed E-state index contributed by atoms with van der Waals surface area (Å²) in [6.07, 6.45) is 0. The minimum atomic E-state index is 0.131. The average molecular weight is 234 g/mol. The molecule has 3 aromatic carbocycles. The Kier molecular flexibility index (Phi) is 2.41. The third kappa shape index (κ3) is 1.52. The minimum absolute atomic E-state index is 0.131. The van der Waals surface area contributed by atoms with Gasteiger partial charge in [-0.05, 0) is 35.7 Å². The van der Waals surface area contributed by atoms with Crippen LogP contribution in [0.3, 0.4) is 0 Å². The molecule has 0 heterocycles. The summed E-state index contributed by atoms with van der Waals surface area (Å²) < 4.78 is 0. The molecular formula is C17H14O. The van der Waals surface area contributed by atoms with Gasteiger partial charge in [0.05, 0.1) is 0 Å². The summed E-state index contributed by atoms with van der Waals surface area (Å²) in [5.41, 5.74) is 2.32. The molecule has 0 aliphatic rings. The zero-order valence-corrected chi connectivity index (χ0v) is 10.5. The third-order valence-electron chi connectivity index (χ3n) is 3.53. The number of rotatable bonds is 0. The lowest BCUT2D eigenvalue weighted by atomic mass is 10.0. The highest BCUT2D eigenvalue weighted by Crippen LogP contribution is 2.21. The fraction of sp³-hybridized carbons (Fsp3) is 0.118. The summed E-state index contributed by atoms with van der Waals surface area (Å²) in [6, 6.07) is 16.0. The van der Waals surface area contributed by atoms with Gasteiger partial charge in [0, 0.05) is 10.8 Å². The highest BCUT2D eigenvalue weighted by molar-refractivity contribution is 5.96. The van der Waals surface area contributed by atoms with E-state index in [4.69, 9.17) is 0 Å². The van der Waals surface area contributed by atoms with Gasteiger partial charge in [-0.25, -0.2) is 0 Å². The van der Waals surface area contributed by atoms with Gasteiger partial charge in [-0.1, -0.05) is 48.5 Å². The first-order chi connectivity index (χ1) is 8.68. The van der Waals surface area contributed by atoms with Gasteiger partial charge < -0.3 is 0 Å². The van der Waals surface area contributed by atoms with Crippen molar-refractivity contribution in [2.75, 3.05) is 0 Å². The summed E-state index contributed by atoms with van der Waals surface area (Å²) in [6.45, 7) is 4.05. The maximum Gasteiger partial charge on any atom is 0.194 e. The molecule has 0 saturated heterocycles. The van der Waals surface area contributed by atoms with Crippen LogP contribution in [0.5, 0.6) is 0 Å². The zero-order chi connectivity index (χ0) is 12.7. The summed E-state index contributed by atoms with van der Waals surface area (Å²) in [7, 11) is 0. The van der Waals surface area contributed by atoms with Crippen molar-refractivity contribution in [2.45, 2.75) is 13.8 Å². The van der Waals surface area contributed by atoms with Crippen molar-refractivity contribution in [1.29, 1.82) is 0 Å². The molecule has 0 aliphatic carbocycles. The molecule has 1 heteroatoms. The van der Waals surface area contributed by atoms with Crippen LogP contribution in [0.2, 0.25) is 0 Å². The molecule has 88 valence electrons. The van der Waals surface area contributed by atoms with Crippen LogP contribution in [0.4, 0.5) is 0 Å². The molecule has 0 N–H and O–H groups in total. The molecule has 0 aromatic heterocycles. The Balaban J connectivity index is 2.72. The van der Waals surface area contributed by atoms with Gasteiger partial charge in [0.25, 0.3) is 0 Å². The maximum absolute atomic E-state index is 12.7. The molecule has 0 bridgehead atoms. The van der Waals surface area contributed by atoms with E-state index < -0.39 is 0 Å². The van der Waals surface area contributed by atoms with Crippen molar-refractivity contribution in [2.24, 2.45) is 0 Å². The van der Waals surface area contributed by atoms with Gasteiger partial charge in [-0.3, -0.25) is 4.79 Å². The highest BCUT2D eigenvalue weighted by Gasteiger charge is 2.06. The number of hydrogen-bond acceptors (Lipinski definition) is 1. The standard InChI is InChI=1S/C17H14O/c1-11-7-8-12(2)16-14(11)10-9-13-5-3-4-6-15(13)17(16)18/h3-10H,1-2H3. The van der Waals surface area contributed by atoms with Crippen molar-refractivity contribution in [1.82, 2.24) is 0 Å². The Labute approximate surface area is 106 Å². The molecular weight excluding hydrogens is 220 g/mol. The van der Waals surface area contributed by atoms with Crippen LogP contribution in [-0.2, 0) is 0 Å². The Morgan fingerprint density at radius 2 is 1.44 bits per heavy atom. The summed E-state index contributed by atoms with van der Waals surface area (Å²) in [5.74, 6) is 0. The van der Waals surface area contributed by atoms with E-state index in [0.717, 1.165) is 32.7 Å². The van der Waals surface area contributed by atoms with Gasteiger partial charge >= 0.3 is 0 Å².